The fourth-order valence-corrected chi connectivity index (χ4v) is 7.49. The van der Waals surface area contributed by atoms with Crippen molar-refractivity contribution in [3.63, 3.8) is 0 Å². The van der Waals surface area contributed by atoms with E-state index in [0.717, 1.165) is 6.54 Å². The van der Waals surface area contributed by atoms with Gasteiger partial charge in [-0.2, -0.15) is 0 Å². The number of likely N-dealkylation sites (N-methyl/N-ethyl adjacent to an activating group) is 1. The van der Waals surface area contributed by atoms with Gasteiger partial charge in [-0.15, -0.1) is 28.2 Å². The van der Waals surface area contributed by atoms with Crippen LogP contribution in [0.2, 0.25) is 0 Å². The monoisotopic (exact) mass is 681 g/mol. The zero-order valence-corrected chi connectivity index (χ0v) is 28.4. The molecule has 2 amide bonds. The van der Waals surface area contributed by atoms with Crippen molar-refractivity contribution in [3.05, 3.63) is 22.3 Å². The summed E-state index contributed by atoms with van der Waals surface area (Å²) in [5.41, 5.74) is 6.92. The molecular formula is C27H39N9O6S3. The van der Waals surface area contributed by atoms with Gasteiger partial charge in [-0.1, -0.05) is 32.5 Å². The zero-order valence-electron chi connectivity index (χ0n) is 25.9. The highest BCUT2D eigenvalue weighted by Crippen LogP contribution is 2.42. The summed E-state index contributed by atoms with van der Waals surface area (Å²) in [5.74, 6) is -1.27. The van der Waals surface area contributed by atoms with Crippen molar-refractivity contribution >= 4 is 63.7 Å². The number of amides is 2. The predicted molar refractivity (Wildman–Crippen MR) is 170 cm³/mol. The summed E-state index contributed by atoms with van der Waals surface area (Å²) >= 11 is 4.01. The van der Waals surface area contributed by atoms with Crippen LogP contribution >= 0.6 is 34.9 Å². The van der Waals surface area contributed by atoms with Gasteiger partial charge < -0.3 is 25.4 Å². The van der Waals surface area contributed by atoms with Crippen LogP contribution in [-0.2, 0) is 41.6 Å². The van der Waals surface area contributed by atoms with Gasteiger partial charge in [0, 0.05) is 36.3 Å². The van der Waals surface area contributed by atoms with E-state index < -0.39 is 35.6 Å². The average Bonchev–Trinajstić information content (AvgIpc) is 3.60. The van der Waals surface area contributed by atoms with Gasteiger partial charge in [-0.3, -0.25) is 19.3 Å². The van der Waals surface area contributed by atoms with Crippen molar-refractivity contribution in [2.75, 3.05) is 37.9 Å². The van der Waals surface area contributed by atoms with E-state index in [1.807, 2.05) is 39.8 Å². The SMILES string of the molecule is CCCC(OC(=O)CC(C)C)OC(=O)C1=C(CSc2nnnn2CCN(C)C)CS[C@H]2[C@@H](NC(=O)Cc3csc(N)n3)C(=O)N12. The Bertz CT molecular complexity index is 1410. The third-order valence-corrected chi connectivity index (χ3v) is 9.81. The Morgan fingerprint density at radius 1 is 1.27 bits per heavy atom. The maximum Gasteiger partial charge on any atom is 0.358 e. The summed E-state index contributed by atoms with van der Waals surface area (Å²) in [6, 6.07) is -0.830. The second-order valence-corrected chi connectivity index (χ2v) is 14.2. The number of nitrogen functional groups attached to an aromatic ring is 1. The summed E-state index contributed by atoms with van der Waals surface area (Å²) in [7, 11) is 3.91. The Hall–Kier alpha value is -3.22. The Balaban J connectivity index is 1.53. The summed E-state index contributed by atoms with van der Waals surface area (Å²) in [6.45, 7) is 6.98. The van der Waals surface area contributed by atoms with Crippen LogP contribution in [0.1, 0.15) is 45.7 Å². The summed E-state index contributed by atoms with van der Waals surface area (Å²) in [4.78, 5) is 59.9. The van der Waals surface area contributed by atoms with E-state index in [1.165, 1.54) is 39.8 Å². The van der Waals surface area contributed by atoms with Gasteiger partial charge >= 0.3 is 11.9 Å². The van der Waals surface area contributed by atoms with Crippen LogP contribution in [0.4, 0.5) is 5.13 Å². The van der Waals surface area contributed by atoms with E-state index in [4.69, 9.17) is 15.2 Å². The number of carbonyl (C=O) groups excluding carboxylic acids is 4. The Morgan fingerprint density at radius 3 is 2.71 bits per heavy atom. The van der Waals surface area contributed by atoms with Gasteiger partial charge in [0.25, 0.3) is 5.91 Å². The number of carbonyl (C=O) groups is 4. The van der Waals surface area contributed by atoms with Gasteiger partial charge in [0.05, 0.1) is 18.7 Å². The van der Waals surface area contributed by atoms with Crippen LogP contribution in [-0.4, -0.2) is 109 Å². The fourth-order valence-electron chi connectivity index (χ4n) is 4.54. The number of β-lactam (4-membered cyclic amide) rings is 1. The first kappa shape index (κ1) is 34.6. The predicted octanol–water partition coefficient (Wildman–Crippen LogP) is 1.52. The highest BCUT2D eigenvalue weighted by Gasteiger charge is 2.54. The second-order valence-electron chi connectivity index (χ2n) is 11.2. The Kier molecular flexibility index (Phi) is 12.2. The van der Waals surface area contributed by atoms with E-state index in [-0.39, 0.29) is 30.4 Å². The molecule has 4 heterocycles. The van der Waals surface area contributed by atoms with Gasteiger partial charge in [0.15, 0.2) is 5.13 Å². The number of aromatic nitrogens is 5. The third-order valence-electron chi connectivity index (χ3n) is 6.70. The number of fused-ring (bicyclic) bond motifs is 1. The molecule has 18 heteroatoms. The van der Waals surface area contributed by atoms with E-state index in [0.29, 0.717) is 52.4 Å². The number of thiazole rings is 1. The third kappa shape index (κ3) is 9.17. The van der Waals surface area contributed by atoms with Crippen LogP contribution in [0.15, 0.2) is 21.8 Å². The second kappa shape index (κ2) is 15.9. The number of rotatable bonds is 16. The molecule has 15 nitrogen and oxygen atoms in total. The molecule has 2 aliphatic heterocycles. The molecular weight excluding hydrogens is 643 g/mol. The molecule has 4 rings (SSSR count). The first-order valence-electron chi connectivity index (χ1n) is 14.6. The highest BCUT2D eigenvalue weighted by atomic mass is 32.2. The normalized spacial score (nSPS) is 18.6. The minimum absolute atomic E-state index is 0.0233. The van der Waals surface area contributed by atoms with Crippen LogP contribution in [0.3, 0.4) is 0 Å². The summed E-state index contributed by atoms with van der Waals surface area (Å²) < 4.78 is 12.9. The standard InChI is InChI=1S/C27H39N9O6S3/c1-6-7-20(41-19(38)10-15(2)3)42-25(40)22-16(13-45-27-31-32-33-35(27)9-8-34(4)5)12-43-24-21(23(39)36(22)24)30-18(37)11-17-14-44-26(28)29-17/h14-15,20-21,24H,6-13H2,1-5H3,(H2,28,29)(H,30,37)/t20?,21-,24-/m0/s1. The molecule has 3 atom stereocenters. The van der Waals surface area contributed by atoms with E-state index >= 15 is 0 Å². The van der Waals surface area contributed by atoms with Crippen LogP contribution in [0.5, 0.6) is 0 Å². The van der Waals surface area contributed by atoms with Crippen LogP contribution in [0, 0.1) is 5.92 Å². The first-order chi connectivity index (χ1) is 21.5. The van der Waals surface area contributed by atoms with Crippen molar-refractivity contribution < 1.29 is 28.7 Å². The Labute approximate surface area is 274 Å². The Morgan fingerprint density at radius 2 is 2.04 bits per heavy atom. The maximum absolute atomic E-state index is 13.8. The number of esters is 2. The minimum Gasteiger partial charge on any atom is -0.425 e. The molecule has 0 aliphatic carbocycles. The van der Waals surface area contributed by atoms with Gasteiger partial charge in [0.1, 0.15) is 17.1 Å². The molecule has 246 valence electrons. The van der Waals surface area contributed by atoms with Crippen molar-refractivity contribution in [2.24, 2.45) is 5.92 Å². The molecule has 2 aromatic heterocycles. The van der Waals surface area contributed by atoms with E-state index in [9.17, 15) is 19.2 Å². The maximum atomic E-state index is 13.8. The summed E-state index contributed by atoms with van der Waals surface area (Å²) in [5, 5.41) is 16.9. The molecule has 1 fully saturated rings. The van der Waals surface area contributed by atoms with E-state index in [2.05, 4.69) is 25.8 Å². The lowest BCUT2D eigenvalue weighted by Gasteiger charge is -2.49. The lowest BCUT2D eigenvalue weighted by atomic mass is 10.0. The topological polar surface area (TPSA) is 188 Å². The highest BCUT2D eigenvalue weighted by molar-refractivity contribution is 8.01. The van der Waals surface area contributed by atoms with Crippen molar-refractivity contribution in [1.82, 2.24) is 40.3 Å². The van der Waals surface area contributed by atoms with Gasteiger partial charge in [-0.05, 0) is 42.4 Å². The molecule has 2 aliphatic rings. The molecule has 0 saturated carbocycles. The molecule has 1 unspecified atom stereocenters. The summed E-state index contributed by atoms with van der Waals surface area (Å²) in [6.07, 6.45) is -0.0315. The molecule has 0 spiro atoms. The molecule has 1 saturated heterocycles. The van der Waals surface area contributed by atoms with Crippen LogP contribution < -0.4 is 11.1 Å². The molecule has 0 aromatic carbocycles. The van der Waals surface area contributed by atoms with Crippen LogP contribution in [0.25, 0.3) is 0 Å². The molecule has 0 bridgehead atoms. The minimum atomic E-state index is -1.10. The number of nitrogens with zero attached hydrogens (tertiary/aromatic N) is 7. The van der Waals surface area contributed by atoms with E-state index in [1.54, 1.807) is 10.1 Å². The number of nitrogens with two attached hydrogens (primary N) is 1. The van der Waals surface area contributed by atoms with Crippen molar-refractivity contribution in [1.29, 1.82) is 0 Å². The molecule has 2 aromatic rings. The first-order valence-corrected chi connectivity index (χ1v) is 17.5. The van der Waals surface area contributed by atoms with Crippen molar-refractivity contribution in [3.8, 4) is 0 Å². The van der Waals surface area contributed by atoms with Gasteiger partial charge in [0.2, 0.25) is 17.4 Å². The number of hydrogen-bond acceptors (Lipinski definition) is 15. The number of hydrogen-bond donors (Lipinski definition) is 2. The molecule has 0 radical (unpaired) electrons. The quantitative estimate of drug-likeness (QED) is 0.112. The lowest BCUT2D eigenvalue weighted by molar-refractivity contribution is -0.189. The number of anilines is 1. The largest absolute Gasteiger partial charge is 0.425 e. The van der Waals surface area contributed by atoms with Crippen molar-refractivity contribution in [2.45, 2.75) is 75.9 Å². The zero-order chi connectivity index (χ0) is 32.7. The lowest BCUT2D eigenvalue weighted by Crippen LogP contribution is -2.70. The number of ether oxygens (including phenoxy) is 2. The number of nitrogens with one attached hydrogen (secondary N) is 1. The average molecular weight is 682 g/mol. The fraction of sp³-hybridized carbons (Fsp3) is 0.630. The molecule has 45 heavy (non-hydrogen) atoms. The number of tetrazole rings is 1. The smallest absolute Gasteiger partial charge is 0.358 e. The molecule has 3 N–H and O–H groups in total. The van der Waals surface area contributed by atoms with Gasteiger partial charge in [-0.25, -0.2) is 14.5 Å². The number of thioether (sulfide) groups is 2.